The lowest BCUT2D eigenvalue weighted by molar-refractivity contribution is -0.112. The van der Waals surface area contributed by atoms with Gasteiger partial charge in [0.2, 0.25) is 0 Å². The quantitative estimate of drug-likeness (QED) is 0.655. The Bertz CT molecular complexity index is 835. The van der Waals surface area contributed by atoms with Gasteiger partial charge in [-0.05, 0) is 55.3 Å². The topological polar surface area (TPSA) is 73.1 Å². The standard InChI is InChI=1S/C18H15ClN2O2/c1-11-4-3-5-16(12(11)2)21-18(23)14(10-20)8-13-9-15(19)6-7-17(13)22/h3-9,22H,1-2H3,(H,21,23)/b14-8+. The molecule has 2 aromatic carbocycles. The van der Waals surface area contributed by atoms with E-state index in [9.17, 15) is 15.2 Å². The zero-order valence-corrected chi connectivity index (χ0v) is 13.5. The number of halogens is 1. The number of aryl methyl sites for hydroxylation is 1. The molecule has 0 spiro atoms. The summed E-state index contributed by atoms with van der Waals surface area (Å²) in [7, 11) is 0. The largest absolute Gasteiger partial charge is 0.507 e. The average Bonchev–Trinajstić information content (AvgIpc) is 2.52. The van der Waals surface area contributed by atoms with Crippen LogP contribution in [-0.4, -0.2) is 11.0 Å². The van der Waals surface area contributed by atoms with Crippen LogP contribution in [0, 0.1) is 25.2 Å². The lowest BCUT2D eigenvalue weighted by Crippen LogP contribution is -2.14. The van der Waals surface area contributed by atoms with Crippen LogP contribution in [0.4, 0.5) is 5.69 Å². The van der Waals surface area contributed by atoms with Gasteiger partial charge in [0.1, 0.15) is 17.4 Å². The number of carbonyl (C=O) groups excluding carboxylic acids is 1. The number of carbonyl (C=O) groups is 1. The molecular weight excluding hydrogens is 312 g/mol. The molecule has 23 heavy (non-hydrogen) atoms. The molecule has 0 saturated carbocycles. The Hall–Kier alpha value is -2.77. The molecule has 2 rings (SSSR count). The van der Waals surface area contributed by atoms with Crippen molar-refractivity contribution >= 4 is 29.3 Å². The first kappa shape index (κ1) is 16.6. The van der Waals surface area contributed by atoms with Gasteiger partial charge in [-0.15, -0.1) is 0 Å². The number of phenols is 1. The number of nitrogens with zero attached hydrogens (tertiary/aromatic N) is 1. The summed E-state index contributed by atoms with van der Waals surface area (Å²) >= 11 is 5.87. The smallest absolute Gasteiger partial charge is 0.266 e. The Morgan fingerprint density at radius 2 is 2.04 bits per heavy atom. The first-order valence-electron chi connectivity index (χ1n) is 6.90. The predicted octanol–water partition coefficient (Wildman–Crippen LogP) is 4.21. The summed E-state index contributed by atoms with van der Waals surface area (Å²) < 4.78 is 0. The van der Waals surface area contributed by atoms with Gasteiger partial charge in [-0.25, -0.2) is 0 Å². The van der Waals surface area contributed by atoms with Crippen LogP contribution in [0.1, 0.15) is 16.7 Å². The number of amides is 1. The van der Waals surface area contributed by atoms with Crippen molar-refractivity contribution in [1.82, 2.24) is 0 Å². The molecule has 0 aliphatic rings. The monoisotopic (exact) mass is 326 g/mol. The molecule has 0 bridgehead atoms. The summed E-state index contributed by atoms with van der Waals surface area (Å²) in [6.45, 7) is 3.83. The highest BCUT2D eigenvalue weighted by molar-refractivity contribution is 6.30. The lowest BCUT2D eigenvalue weighted by Gasteiger charge is -2.10. The minimum atomic E-state index is -0.541. The molecular formula is C18H15ClN2O2. The predicted molar refractivity (Wildman–Crippen MR) is 91.3 cm³/mol. The van der Waals surface area contributed by atoms with Crippen molar-refractivity contribution in [2.75, 3.05) is 5.32 Å². The van der Waals surface area contributed by atoms with Gasteiger partial charge in [-0.3, -0.25) is 4.79 Å². The van der Waals surface area contributed by atoms with Gasteiger partial charge in [-0.1, -0.05) is 23.7 Å². The number of nitrogens with one attached hydrogen (secondary N) is 1. The van der Waals surface area contributed by atoms with Crippen molar-refractivity contribution in [3.63, 3.8) is 0 Å². The van der Waals surface area contributed by atoms with Crippen LogP contribution in [0.25, 0.3) is 6.08 Å². The summed E-state index contributed by atoms with van der Waals surface area (Å²) in [5, 5.41) is 22.1. The summed E-state index contributed by atoms with van der Waals surface area (Å²) in [5.41, 5.74) is 2.81. The van der Waals surface area contributed by atoms with Crippen LogP contribution in [0.3, 0.4) is 0 Å². The number of aromatic hydroxyl groups is 1. The Kier molecular flexibility index (Phi) is 5.05. The van der Waals surface area contributed by atoms with E-state index in [0.29, 0.717) is 16.3 Å². The molecule has 116 valence electrons. The van der Waals surface area contributed by atoms with E-state index in [0.717, 1.165) is 11.1 Å². The second kappa shape index (κ2) is 6.99. The minimum absolute atomic E-state index is 0.0540. The highest BCUT2D eigenvalue weighted by atomic mass is 35.5. The Labute approximate surface area is 139 Å². The number of benzene rings is 2. The first-order chi connectivity index (χ1) is 10.9. The number of anilines is 1. The maximum absolute atomic E-state index is 12.3. The summed E-state index contributed by atoms with van der Waals surface area (Å²) in [5.74, 6) is -0.595. The third kappa shape index (κ3) is 3.91. The van der Waals surface area contributed by atoms with Gasteiger partial charge in [-0.2, -0.15) is 5.26 Å². The fourth-order valence-corrected chi connectivity index (χ4v) is 2.20. The van der Waals surface area contributed by atoms with E-state index in [1.165, 1.54) is 24.3 Å². The fraction of sp³-hybridized carbons (Fsp3) is 0.111. The van der Waals surface area contributed by atoms with Crippen LogP contribution in [-0.2, 0) is 4.79 Å². The van der Waals surface area contributed by atoms with E-state index in [2.05, 4.69) is 5.32 Å². The Morgan fingerprint density at radius 1 is 1.30 bits per heavy atom. The van der Waals surface area contributed by atoms with Gasteiger partial charge >= 0.3 is 0 Å². The van der Waals surface area contributed by atoms with Gasteiger partial charge in [0.05, 0.1) is 0 Å². The van der Waals surface area contributed by atoms with Gasteiger partial charge < -0.3 is 10.4 Å². The van der Waals surface area contributed by atoms with E-state index >= 15 is 0 Å². The van der Waals surface area contributed by atoms with Crippen molar-refractivity contribution in [1.29, 1.82) is 5.26 Å². The summed E-state index contributed by atoms with van der Waals surface area (Å²) in [6, 6.07) is 11.8. The van der Waals surface area contributed by atoms with Crippen LogP contribution in [0.2, 0.25) is 5.02 Å². The molecule has 4 nitrogen and oxygen atoms in total. The molecule has 0 heterocycles. The third-order valence-electron chi connectivity index (χ3n) is 3.51. The maximum Gasteiger partial charge on any atom is 0.266 e. The number of nitriles is 1. The molecule has 0 aliphatic carbocycles. The van der Waals surface area contributed by atoms with Gasteiger partial charge in [0, 0.05) is 16.3 Å². The zero-order chi connectivity index (χ0) is 17.0. The maximum atomic E-state index is 12.3. The molecule has 5 heteroatoms. The summed E-state index contributed by atoms with van der Waals surface area (Å²) in [6.07, 6.45) is 1.31. The van der Waals surface area contributed by atoms with E-state index in [4.69, 9.17) is 11.6 Å². The molecule has 0 radical (unpaired) electrons. The number of hydrogen-bond donors (Lipinski definition) is 2. The second-order valence-corrected chi connectivity index (χ2v) is 5.51. The molecule has 0 saturated heterocycles. The van der Waals surface area contributed by atoms with Gasteiger partial charge in [0.15, 0.2) is 0 Å². The zero-order valence-electron chi connectivity index (χ0n) is 12.7. The van der Waals surface area contributed by atoms with E-state index in [-0.39, 0.29) is 11.3 Å². The van der Waals surface area contributed by atoms with Gasteiger partial charge in [0.25, 0.3) is 5.91 Å². The van der Waals surface area contributed by atoms with Crippen LogP contribution >= 0.6 is 11.6 Å². The van der Waals surface area contributed by atoms with E-state index < -0.39 is 5.91 Å². The fourth-order valence-electron chi connectivity index (χ4n) is 2.02. The molecule has 0 fully saturated rings. The Balaban J connectivity index is 2.32. The first-order valence-corrected chi connectivity index (χ1v) is 7.28. The number of rotatable bonds is 3. The van der Waals surface area contributed by atoms with E-state index in [1.807, 2.05) is 32.0 Å². The molecule has 0 atom stereocenters. The molecule has 0 aliphatic heterocycles. The van der Waals surface area contributed by atoms with Crippen molar-refractivity contribution < 1.29 is 9.90 Å². The average molecular weight is 327 g/mol. The van der Waals surface area contributed by atoms with E-state index in [1.54, 1.807) is 6.07 Å². The van der Waals surface area contributed by atoms with Crippen LogP contribution < -0.4 is 5.32 Å². The second-order valence-electron chi connectivity index (χ2n) is 5.07. The van der Waals surface area contributed by atoms with Crippen LogP contribution in [0.5, 0.6) is 5.75 Å². The lowest BCUT2D eigenvalue weighted by atomic mass is 10.1. The van der Waals surface area contributed by atoms with Crippen molar-refractivity contribution in [2.45, 2.75) is 13.8 Å². The highest BCUT2D eigenvalue weighted by Gasteiger charge is 2.12. The summed E-state index contributed by atoms with van der Waals surface area (Å²) in [4.78, 5) is 12.3. The SMILES string of the molecule is Cc1cccc(NC(=O)/C(C#N)=C/c2cc(Cl)ccc2O)c1C. The molecule has 2 aromatic rings. The molecule has 0 aromatic heterocycles. The molecule has 0 unspecified atom stereocenters. The number of hydrogen-bond acceptors (Lipinski definition) is 3. The normalized spacial score (nSPS) is 11.0. The third-order valence-corrected chi connectivity index (χ3v) is 3.74. The highest BCUT2D eigenvalue weighted by Crippen LogP contribution is 2.24. The minimum Gasteiger partial charge on any atom is -0.507 e. The Morgan fingerprint density at radius 3 is 2.74 bits per heavy atom. The van der Waals surface area contributed by atoms with Crippen molar-refractivity contribution in [3.05, 3.63) is 63.7 Å². The number of phenolic OH excluding ortho intramolecular Hbond substituents is 1. The molecule has 1 amide bonds. The van der Waals surface area contributed by atoms with Crippen molar-refractivity contribution in [3.8, 4) is 11.8 Å². The van der Waals surface area contributed by atoms with Crippen LogP contribution in [0.15, 0.2) is 42.0 Å². The molecule has 2 N–H and O–H groups in total. The van der Waals surface area contributed by atoms with Crippen molar-refractivity contribution in [2.24, 2.45) is 0 Å².